The molecule has 0 N–H and O–H groups in total. The summed E-state index contributed by atoms with van der Waals surface area (Å²) in [7, 11) is 0. The molecule has 0 spiro atoms. The lowest BCUT2D eigenvalue weighted by atomic mass is 10.0. The molecule has 0 aliphatic carbocycles. The predicted molar refractivity (Wildman–Crippen MR) is 271 cm³/mol. The molecule has 6 aromatic heterocycles. The van der Waals surface area contributed by atoms with Crippen molar-refractivity contribution < 1.29 is 4.42 Å². The van der Waals surface area contributed by atoms with Crippen molar-refractivity contribution in [3.8, 4) is 0 Å². The Morgan fingerprint density at radius 3 is 1.22 bits per heavy atom. The molecule has 0 amide bonds. The first-order valence-electron chi connectivity index (χ1n) is 19.9. The molecule has 0 radical (unpaired) electrons. The average Bonchev–Trinajstić information content (AvgIpc) is 4.13. The molecule has 0 saturated carbocycles. The van der Waals surface area contributed by atoms with Crippen LogP contribution in [0.4, 0.5) is 0 Å². The third-order valence-electron chi connectivity index (χ3n) is 12.1. The summed E-state index contributed by atoms with van der Waals surface area (Å²) in [4.78, 5) is 0. The normalized spacial score (nSPS) is 12.9. The average molecular weight is 853 g/mol. The molecule has 0 aliphatic heterocycles. The summed E-state index contributed by atoms with van der Waals surface area (Å²) in [5.74, 6) is 0. The minimum absolute atomic E-state index is 0.917. The monoisotopic (exact) mass is 852 g/mol. The van der Waals surface area contributed by atoms with Crippen molar-refractivity contribution in [3.05, 3.63) is 168 Å². The SMILES string of the molecule is C(=C\c1ccc2c(c1)sc1c3ccccc3sc21)/c1ccc2c(c1)oc1c2ccc2c1ccc1c3ccc(/C=C/c4ccc5c(c4)sc4c6ccccc6sc54)cc3sc12. The Labute approximate surface area is 362 Å². The van der Waals surface area contributed by atoms with Gasteiger partial charge in [0.2, 0.25) is 0 Å². The van der Waals surface area contributed by atoms with E-state index in [9.17, 15) is 0 Å². The molecular formula is C54H28OS5. The van der Waals surface area contributed by atoms with Gasteiger partial charge in [-0.1, -0.05) is 115 Å². The smallest absolute Gasteiger partial charge is 0.143 e. The molecule has 0 unspecified atom stereocenters. The van der Waals surface area contributed by atoms with E-state index in [1.807, 2.05) is 56.7 Å². The van der Waals surface area contributed by atoms with Gasteiger partial charge in [0.1, 0.15) is 11.2 Å². The maximum atomic E-state index is 6.72. The van der Waals surface area contributed by atoms with Crippen LogP contribution in [0.5, 0.6) is 0 Å². The Kier molecular flexibility index (Phi) is 7.13. The zero-order chi connectivity index (χ0) is 39.1. The van der Waals surface area contributed by atoms with Gasteiger partial charge in [-0.3, -0.25) is 0 Å². The Balaban J connectivity index is 0.777. The minimum Gasteiger partial charge on any atom is -0.455 e. The van der Waals surface area contributed by atoms with Gasteiger partial charge in [-0.25, -0.2) is 0 Å². The van der Waals surface area contributed by atoms with E-state index in [1.54, 1.807) is 0 Å². The number of benzene rings is 8. The zero-order valence-corrected chi connectivity index (χ0v) is 35.7. The minimum atomic E-state index is 0.917. The van der Waals surface area contributed by atoms with Crippen LogP contribution < -0.4 is 0 Å². The lowest BCUT2D eigenvalue weighted by Crippen LogP contribution is -1.76. The Bertz CT molecular complexity index is 3920. The van der Waals surface area contributed by atoms with Crippen molar-refractivity contribution in [2.24, 2.45) is 0 Å². The van der Waals surface area contributed by atoms with Crippen molar-refractivity contribution in [2.45, 2.75) is 0 Å². The predicted octanol–water partition coefficient (Wildman–Crippen LogP) is 18.6. The molecule has 0 atom stereocenters. The van der Waals surface area contributed by atoms with Crippen LogP contribution in [0.25, 0.3) is 136 Å². The summed E-state index contributed by atoms with van der Waals surface area (Å²) >= 11 is 9.50. The summed E-state index contributed by atoms with van der Waals surface area (Å²) in [6, 6.07) is 53.8. The molecule has 0 bridgehead atoms. The highest BCUT2D eigenvalue weighted by Crippen LogP contribution is 2.47. The van der Waals surface area contributed by atoms with Crippen LogP contribution in [0.15, 0.2) is 150 Å². The molecule has 14 rings (SSSR count). The van der Waals surface area contributed by atoms with Crippen molar-refractivity contribution >= 4 is 193 Å². The zero-order valence-electron chi connectivity index (χ0n) is 31.6. The molecule has 6 heterocycles. The van der Waals surface area contributed by atoms with E-state index >= 15 is 0 Å². The summed E-state index contributed by atoms with van der Waals surface area (Å²) in [6.45, 7) is 0. The quantitative estimate of drug-likeness (QED) is 0.161. The van der Waals surface area contributed by atoms with Gasteiger partial charge in [0.05, 0.1) is 18.8 Å². The van der Waals surface area contributed by atoms with E-state index in [0.717, 1.165) is 32.9 Å². The van der Waals surface area contributed by atoms with E-state index < -0.39 is 0 Å². The lowest BCUT2D eigenvalue weighted by molar-refractivity contribution is 0.672. The maximum Gasteiger partial charge on any atom is 0.143 e. The number of rotatable bonds is 4. The van der Waals surface area contributed by atoms with E-state index in [2.05, 4.69) is 170 Å². The Hall–Kier alpha value is -6.12. The van der Waals surface area contributed by atoms with Crippen LogP contribution >= 0.6 is 56.7 Å². The fourth-order valence-corrected chi connectivity index (χ4v) is 15.8. The van der Waals surface area contributed by atoms with E-state index in [0.29, 0.717) is 0 Å². The fourth-order valence-electron chi connectivity index (χ4n) is 9.15. The molecule has 8 aromatic carbocycles. The van der Waals surface area contributed by atoms with Crippen molar-refractivity contribution in [2.75, 3.05) is 0 Å². The number of furan rings is 1. The third-order valence-corrected chi connectivity index (χ3v) is 18.3. The number of hydrogen-bond donors (Lipinski definition) is 0. The number of fused-ring (bicyclic) bond motifs is 19. The first-order valence-corrected chi connectivity index (χ1v) is 24.0. The van der Waals surface area contributed by atoms with E-state index in [1.165, 1.54) is 101 Å². The van der Waals surface area contributed by atoms with Gasteiger partial charge in [0, 0.05) is 82.1 Å². The molecule has 0 aliphatic rings. The number of hydrogen-bond acceptors (Lipinski definition) is 6. The van der Waals surface area contributed by atoms with Gasteiger partial charge < -0.3 is 4.42 Å². The highest BCUT2D eigenvalue weighted by atomic mass is 32.1. The third kappa shape index (κ3) is 5.00. The largest absolute Gasteiger partial charge is 0.455 e. The van der Waals surface area contributed by atoms with Gasteiger partial charge >= 0.3 is 0 Å². The molecular weight excluding hydrogens is 825 g/mol. The second kappa shape index (κ2) is 12.7. The second-order valence-corrected chi connectivity index (χ2v) is 20.9. The van der Waals surface area contributed by atoms with Gasteiger partial charge in [-0.2, -0.15) is 0 Å². The molecule has 6 heteroatoms. The fraction of sp³-hybridized carbons (Fsp3) is 0. The highest BCUT2D eigenvalue weighted by Gasteiger charge is 2.16. The van der Waals surface area contributed by atoms with Crippen LogP contribution in [-0.4, -0.2) is 0 Å². The number of thiophene rings is 5. The molecule has 14 aromatic rings. The van der Waals surface area contributed by atoms with Crippen molar-refractivity contribution in [1.82, 2.24) is 0 Å². The van der Waals surface area contributed by atoms with Crippen LogP contribution in [0.3, 0.4) is 0 Å². The van der Waals surface area contributed by atoms with E-state index in [-0.39, 0.29) is 0 Å². The Morgan fingerprint density at radius 1 is 0.283 bits per heavy atom. The molecule has 1 nitrogen and oxygen atoms in total. The topological polar surface area (TPSA) is 13.1 Å². The first-order chi connectivity index (χ1) is 29.7. The van der Waals surface area contributed by atoms with Crippen LogP contribution in [0.2, 0.25) is 0 Å². The maximum absolute atomic E-state index is 6.72. The van der Waals surface area contributed by atoms with E-state index in [4.69, 9.17) is 4.42 Å². The van der Waals surface area contributed by atoms with Crippen molar-refractivity contribution in [1.29, 1.82) is 0 Å². The second-order valence-electron chi connectivity index (χ2n) is 15.6. The summed E-state index contributed by atoms with van der Waals surface area (Å²) in [6.07, 6.45) is 8.92. The lowest BCUT2D eigenvalue weighted by Gasteiger charge is -2.01. The molecule has 0 fully saturated rings. The van der Waals surface area contributed by atoms with Crippen LogP contribution in [0, 0.1) is 0 Å². The van der Waals surface area contributed by atoms with Gasteiger partial charge in [-0.15, -0.1) is 56.7 Å². The standard InChI is InChI=1S/C54H28OS5/c1-3-7-44-39(5-1)51-53(56-44)41-19-15-31(27-47(41)59-51)10-9-29-13-17-33-35-21-24-38-36(49(35)55-43(33)25-29)22-23-37-34-18-14-30(26-46(34)58-50(37)38)11-12-32-16-20-42-48(28-32)60-52-40-6-2-4-8-45(40)57-54(42)52/h1-28H/b10-9+,12-11+. The summed E-state index contributed by atoms with van der Waals surface area (Å²) < 4.78 is 20.4. The molecule has 60 heavy (non-hydrogen) atoms. The molecule has 280 valence electrons. The first kappa shape index (κ1) is 33.7. The summed E-state index contributed by atoms with van der Waals surface area (Å²) in [5.41, 5.74) is 6.64. The summed E-state index contributed by atoms with van der Waals surface area (Å²) in [5, 5.41) is 12.8. The Morgan fingerprint density at radius 2 is 0.650 bits per heavy atom. The van der Waals surface area contributed by atoms with Gasteiger partial charge in [0.15, 0.2) is 0 Å². The van der Waals surface area contributed by atoms with Crippen molar-refractivity contribution in [3.63, 3.8) is 0 Å². The van der Waals surface area contributed by atoms with Gasteiger partial charge in [-0.05, 0) is 76.9 Å². The van der Waals surface area contributed by atoms with Gasteiger partial charge in [0.25, 0.3) is 0 Å². The van der Waals surface area contributed by atoms with Crippen LogP contribution in [0.1, 0.15) is 22.3 Å². The molecule has 0 saturated heterocycles. The highest BCUT2D eigenvalue weighted by molar-refractivity contribution is 7.37. The van der Waals surface area contributed by atoms with Crippen LogP contribution in [-0.2, 0) is 0 Å².